The van der Waals surface area contributed by atoms with Gasteiger partial charge in [0.1, 0.15) is 6.54 Å². The van der Waals surface area contributed by atoms with E-state index in [-0.39, 0.29) is 36.4 Å². The van der Waals surface area contributed by atoms with Crippen molar-refractivity contribution in [2.75, 3.05) is 40.3 Å². The molecule has 1 aromatic rings. The highest BCUT2D eigenvalue weighted by Crippen LogP contribution is 2.29. The summed E-state index contributed by atoms with van der Waals surface area (Å²) in [6.07, 6.45) is 3.51. The smallest absolute Gasteiger partial charge is 0.243 e. The van der Waals surface area contributed by atoms with E-state index in [1.54, 1.807) is 19.0 Å². The van der Waals surface area contributed by atoms with Gasteiger partial charge in [0.25, 0.3) is 0 Å². The number of amides is 1. The monoisotopic (exact) mass is 535 g/mol. The predicted molar refractivity (Wildman–Crippen MR) is 134 cm³/mol. The molecule has 0 saturated carbocycles. The SMILES string of the molecule is CCC(C)NC(=NCC(=O)N(C)C)NCC(c1cccs1)N1CCC(C)CC1.I. The number of likely N-dealkylation sites (N-methyl/N-ethyl adjacent to an activating group) is 1. The van der Waals surface area contributed by atoms with E-state index in [4.69, 9.17) is 0 Å². The maximum atomic E-state index is 12.0. The third-order valence-corrected chi connectivity index (χ3v) is 6.43. The molecule has 0 spiro atoms. The number of likely N-dealkylation sites (tertiary alicyclic amines) is 1. The number of guanidine groups is 1. The number of hydrogen-bond donors (Lipinski definition) is 2. The van der Waals surface area contributed by atoms with E-state index in [1.165, 1.54) is 17.7 Å². The topological polar surface area (TPSA) is 60.0 Å². The number of piperidine rings is 1. The van der Waals surface area contributed by atoms with Gasteiger partial charge in [-0.15, -0.1) is 35.3 Å². The molecule has 2 unspecified atom stereocenters. The molecule has 2 atom stereocenters. The third-order valence-electron chi connectivity index (χ3n) is 5.46. The first kappa shape index (κ1) is 26.2. The molecule has 0 bridgehead atoms. The number of nitrogens with one attached hydrogen (secondary N) is 2. The van der Waals surface area contributed by atoms with Crippen LogP contribution in [0.2, 0.25) is 0 Å². The molecule has 1 saturated heterocycles. The Morgan fingerprint density at radius 2 is 2.07 bits per heavy atom. The van der Waals surface area contributed by atoms with E-state index in [1.807, 2.05) is 11.3 Å². The first-order valence-corrected chi connectivity index (χ1v) is 11.3. The van der Waals surface area contributed by atoms with Crippen molar-refractivity contribution in [2.45, 2.75) is 52.1 Å². The Kier molecular flexibility index (Phi) is 12.1. The summed E-state index contributed by atoms with van der Waals surface area (Å²) in [6, 6.07) is 4.99. The van der Waals surface area contributed by atoms with E-state index in [2.05, 4.69) is 58.8 Å². The Labute approximate surface area is 197 Å². The highest BCUT2D eigenvalue weighted by atomic mass is 127. The van der Waals surface area contributed by atoms with Crippen LogP contribution in [0.3, 0.4) is 0 Å². The van der Waals surface area contributed by atoms with Crippen LogP contribution in [0.1, 0.15) is 51.0 Å². The summed E-state index contributed by atoms with van der Waals surface area (Å²) in [7, 11) is 3.52. The summed E-state index contributed by atoms with van der Waals surface area (Å²) >= 11 is 1.81. The van der Waals surface area contributed by atoms with Crippen LogP contribution in [0.25, 0.3) is 0 Å². The van der Waals surface area contributed by atoms with Gasteiger partial charge in [-0.3, -0.25) is 9.69 Å². The number of carbonyl (C=O) groups is 1. The van der Waals surface area contributed by atoms with E-state index in [9.17, 15) is 4.79 Å². The van der Waals surface area contributed by atoms with Crippen molar-refractivity contribution in [1.29, 1.82) is 0 Å². The van der Waals surface area contributed by atoms with Crippen molar-refractivity contribution in [1.82, 2.24) is 20.4 Å². The second-order valence-electron chi connectivity index (χ2n) is 8.04. The fourth-order valence-corrected chi connectivity index (χ4v) is 4.06. The van der Waals surface area contributed by atoms with Gasteiger partial charge in [0.15, 0.2) is 5.96 Å². The van der Waals surface area contributed by atoms with Gasteiger partial charge in [-0.05, 0) is 56.6 Å². The van der Waals surface area contributed by atoms with Crippen LogP contribution >= 0.6 is 35.3 Å². The zero-order valence-corrected chi connectivity index (χ0v) is 21.6. The van der Waals surface area contributed by atoms with Crippen LogP contribution in [-0.4, -0.2) is 68.0 Å². The number of halogens is 1. The molecule has 0 radical (unpaired) electrons. The highest BCUT2D eigenvalue weighted by Gasteiger charge is 2.25. The van der Waals surface area contributed by atoms with E-state index in [0.717, 1.165) is 37.9 Å². The zero-order chi connectivity index (χ0) is 20.5. The lowest BCUT2D eigenvalue weighted by Crippen LogP contribution is -2.47. The zero-order valence-electron chi connectivity index (χ0n) is 18.5. The molecule has 1 aliphatic rings. The first-order chi connectivity index (χ1) is 13.4. The van der Waals surface area contributed by atoms with Crippen molar-refractivity contribution in [2.24, 2.45) is 10.9 Å². The van der Waals surface area contributed by atoms with E-state index >= 15 is 0 Å². The summed E-state index contributed by atoms with van der Waals surface area (Å²) in [6.45, 7) is 9.83. The molecule has 1 aliphatic heterocycles. The fraction of sp³-hybridized carbons (Fsp3) is 0.714. The summed E-state index contributed by atoms with van der Waals surface area (Å²) in [5, 5.41) is 9.08. The molecule has 2 rings (SSSR count). The van der Waals surface area contributed by atoms with Gasteiger partial charge >= 0.3 is 0 Å². The quantitative estimate of drug-likeness (QED) is 0.304. The Morgan fingerprint density at radius 1 is 1.38 bits per heavy atom. The Bertz CT molecular complexity index is 615. The maximum Gasteiger partial charge on any atom is 0.243 e. The van der Waals surface area contributed by atoms with E-state index < -0.39 is 0 Å². The van der Waals surface area contributed by atoms with Crippen molar-refractivity contribution >= 4 is 47.2 Å². The normalized spacial score (nSPS) is 17.9. The average molecular weight is 536 g/mol. The third kappa shape index (κ3) is 8.80. The molecule has 8 heteroatoms. The molecule has 2 heterocycles. The summed E-state index contributed by atoms with van der Waals surface area (Å²) < 4.78 is 0. The molecule has 0 aromatic carbocycles. The molecular weight excluding hydrogens is 497 g/mol. The summed E-state index contributed by atoms with van der Waals surface area (Å²) in [5.74, 6) is 1.54. The van der Waals surface area contributed by atoms with Crippen LogP contribution in [0.15, 0.2) is 22.5 Å². The number of aliphatic imine (C=N–C) groups is 1. The van der Waals surface area contributed by atoms with Crippen LogP contribution < -0.4 is 10.6 Å². The molecule has 0 aliphatic carbocycles. The Balaban J connectivity index is 0.00000420. The first-order valence-electron chi connectivity index (χ1n) is 10.4. The summed E-state index contributed by atoms with van der Waals surface area (Å²) in [5.41, 5.74) is 0. The van der Waals surface area contributed by atoms with Gasteiger partial charge in [-0.25, -0.2) is 4.99 Å². The largest absolute Gasteiger partial charge is 0.354 e. The lowest BCUT2D eigenvalue weighted by atomic mass is 9.97. The standard InChI is InChI=1S/C21H37N5OS.HI/c1-6-17(3)24-21(23-15-20(27)25(4)5)22-14-18(19-8-7-13-28-19)26-11-9-16(2)10-12-26;/h7-8,13,16-18H,6,9-12,14-15H2,1-5H3,(H2,22,23,24);1H. The molecule has 2 N–H and O–H groups in total. The van der Waals surface area contributed by atoms with Crippen LogP contribution in [0.4, 0.5) is 0 Å². The van der Waals surface area contributed by atoms with Crippen LogP contribution in [-0.2, 0) is 4.79 Å². The molecule has 166 valence electrons. The van der Waals surface area contributed by atoms with E-state index in [0.29, 0.717) is 12.1 Å². The van der Waals surface area contributed by atoms with Gasteiger partial charge in [-0.1, -0.05) is 19.9 Å². The average Bonchev–Trinajstić information content (AvgIpc) is 3.21. The lowest BCUT2D eigenvalue weighted by Gasteiger charge is -2.36. The molecule has 6 nitrogen and oxygen atoms in total. The predicted octanol–water partition coefficient (Wildman–Crippen LogP) is 3.56. The van der Waals surface area contributed by atoms with Crippen molar-refractivity contribution in [3.63, 3.8) is 0 Å². The summed E-state index contributed by atoms with van der Waals surface area (Å²) in [4.78, 5) is 22.0. The molecule has 29 heavy (non-hydrogen) atoms. The maximum absolute atomic E-state index is 12.0. The van der Waals surface area contributed by atoms with Crippen LogP contribution in [0.5, 0.6) is 0 Å². The number of rotatable bonds is 8. The second kappa shape index (κ2) is 13.4. The molecule has 1 aromatic heterocycles. The van der Waals surface area contributed by atoms with Crippen molar-refractivity contribution < 1.29 is 4.79 Å². The highest BCUT2D eigenvalue weighted by molar-refractivity contribution is 14.0. The van der Waals surface area contributed by atoms with Gasteiger partial charge in [0.05, 0.1) is 6.04 Å². The van der Waals surface area contributed by atoms with Crippen molar-refractivity contribution in [3.8, 4) is 0 Å². The minimum Gasteiger partial charge on any atom is -0.354 e. The Morgan fingerprint density at radius 3 is 2.62 bits per heavy atom. The number of nitrogens with zero attached hydrogens (tertiary/aromatic N) is 3. The number of hydrogen-bond acceptors (Lipinski definition) is 4. The Hall–Kier alpha value is -0.870. The minimum atomic E-state index is 0. The van der Waals surface area contributed by atoms with Gasteiger partial charge in [0.2, 0.25) is 5.91 Å². The van der Waals surface area contributed by atoms with Gasteiger partial charge in [-0.2, -0.15) is 0 Å². The number of carbonyl (C=O) groups excluding carboxylic acids is 1. The number of thiophene rings is 1. The van der Waals surface area contributed by atoms with Crippen LogP contribution in [0, 0.1) is 5.92 Å². The lowest BCUT2D eigenvalue weighted by molar-refractivity contribution is -0.127. The molecule has 1 amide bonds. The fourth-order valence-electron chi connectivity index (χ4n) is 3.20. The molecule has 1 fully saturated rings. The van der Waals surface area contributed by atoms with Crippen molar-refractivity contribution in [3.05, 3.63) is 22.4 Å². The van der Waals surface area contributed by atoms with Gasteiger partial charge < -0.3 is 15.5 Å². The second-order valence-corrected chi connectivity index (χ2v) is 9.02. The molecular formula is C21H38IN5OS. The van der Waals surface area contributed by atoms with Gasteiger partial charge in [0, 0.05) is 31.6 Å². The minimum absolute atomic E-state index is 0.